The molecule has 7 heteroatoms. The minimum absolute atomic E-state index is 0. The van der Waals surface area contributed by atoms with Crippen molar-refractivity contribution >= 4 is 35.8 Å². The summed E-state index contributed by atoms with van der Waals surface area (Å²) < 4.78 is 5.29. The number of guanidine groups is 1. The maximum Gasteiger partial charge on any atom is 0.240 e. The fourth-order valence-corrected chi connectivity index (χ4v) is 1.95. The number of carbonyl (C=O) groups is 1. The first-order valence-electron chi connectivity index (χ1n) is 7.75. The zero-order chi connectivity index (χ0) is 17.3. The van der Waals surface area contributed by atoms with Crippen LogP contribution in [0.3, 0.4) is 0 Å². The molecule has 0 radical (unpaired) electrons. The number of amides is 1. The van der Waals surface area contributed by atoms with Gasteiger partial charge in [-0.3, -0.25) is 9.79 Å². The molecule has 1 rings (SSSR count). The molecule has 0 unspecified atom stereocenters. The Bertz CT molecular complexity index is 521. The fourth-order valence-electron chi connectivity index (χ4n) is 1.95. The smallest absolute Gasteiger partial charge is 0.240 e. The van der Waals surface area contributed by atoms with Gasteiger partial charge in [0.15, 0.2) is 5.96 Å². The summed E-state index contributed by atoms with van der Waals surface area (Å²) in [5, 5.41) is 6.11. The van der Waals surface area contributed by atoms with Gasteiger partial charge in [-0.2, -0.15) is 0 Å². The summed E-state index contributed by atoms with van der Waals surface area (Å²) >= 11 is 0. The lowest BCUT2D eigenvalue weighted by Crippen LogP contribution is -2.48. The van der Waals surface area contributed by atoms with Crippen molar-refractivity contribution < 1.29 is 9.21 Å². The number of aliphatic imine (C=N–C) groups is 1. The predicted molar refractivity (Wildman–Crippen MR) is 109 cm³/mol. The third-order valence-electron chi connectivity index (χ3n) is 2.86. The lowest BCUT2D eigenvalue weighted by atomic mass is 10.1. The molecular formula is C17H29IN4O2. The SMILES string of the molecule is C=CCNC(=NCCc1ccco1)N(C)CC(=O)NC(C)(C)C.I. The molecule has 0 bridgehead atoms. The second kappa shape index (κ2) is 11.1. The van der Waals surface area contributed by atoms with E-state index in [0.717, 1.165) is 5.76 Å². The highest BCUT2D eigenvalue weighted by Crippen LogP contribution is 2.01. The highest BCUT2D eigenvalue weighted by atomic mass is 127. The zero-order valence-electron chi connectivity index (χ0n) is 15.0. The van der Waals surface area contributed by atoms with Crippen molar-refractivity contribution in [1.82, 2.24) is 15.5 Å². The van der Waals surface area contributed by atoms with Crippen molar-refractivity contribution in [2.75, 3.05) is 26.7 Å². The number of nitrogens with one attached hydrogen (secondary N) is 2. The van der Waals surface area contributed by atoms with Gasteiger partial charge in [0, 0.05) is 32.1 Å². The Morgan fingerprint density at radius 1 is 1.46 bits per heavy atom. The number of rotatable bonds is 7. The van der Waals surface area contributed by atoms with Gasteiger partial charge in [0.1, 0.15) is 5.76 Å². The topological polar surface area (TPSA) is 69.9 Å². The normalized spacial score (nSPS) is 11.4. The molecule has 0 fully saturated rings. The monoisotopic (exact) mass is 448 g/mol. The van der Waals surface area contributed by atoms with Crippen molar-refractivity contribution in [3.05, 3.63) is 36.8 Å². The standard InChI is InChI=1S/C17H28N4O2.HI/c1-6-10-18-16(19-11-9-14-8-7-12-23-14)21(5)13-15(22)20-17(2,3)4;/h6-8,12H,1,9-11,13H2,2-5H3,(H,18,19)(H,20,22);1H. The maximum atomic E-state index is 12.0. The van der Waals surface area contributed by atoms with Gasteiger partial charge in [0.2, 0.25) is 5.91 Å². The molecule has 1 aromatic rings. The van der Waals surface area contributed by atoms with Gasteiger partial charge in [-0.25, -0.2) is 0 Å². The summed E-state index contributed by atoms with van der Waals surface area (Å²) in [5.74, 6) is 1.52. The summed E-state index contributed by atoms with van der Waals surface area (Å²) in [5.41, 5.74) is -0.247. The van der Waals surface area contributed by atoms with Crippen LogP contribution in [0.5, 0.6) is 0 Å². The molecule has 0 atom stereocenters. The van der Waals surface area contributed by atoms with Crippen molar-refractivity contribution in [3.8, 4) is 0 Å². The van der Waals surface area contributed by atoms with E-state index >= 15 is 0 Å². The first-order chi connectivity index (χ1) is 10.8. The van der Waals surface area contributed by atoms with Gasteiger partial charge in [-0.1, -0.05) is 6.08 Å². The van der Waals surface area contributed by atoms with Gasteiger partial charge in [0.25, 0.3) is 0 Å². The molecule has 0 aliphatic rings. The molecule has 0 spiro atoms. The molecule has 6 nitrogen and oxygen atoms in total. The van der Waals surface area contributed by atoms with E-state index in [0.29, 0.717) is 25.5 Å². The van der Waals surface area contributed by atoms with E-state index in [9.17, 15) is 4.79 Å². The lowest BCUT2D eigenvalue weighted by Gasteiger charge is -2.25. The molecular weight excluding hydrogens is 419 g/mol. The number of furan rings is 1. The largest absolute Gasteiger partial charge is 0.469 e. The maximum absolute atomic E-state index is 12.0. The Balaban J connectivity index is 0.00000529. The van der Waals surface area contributed by atoms with E-state index in [4.69, 9.17) is 4.42 Å². The number of hydrogen-bond donors (Lipinski definition) is 2. The summed E-state index contributed by atoms with van der Waals surface area (Å²) in [7, 11) is 1.84. The van der Waals surface area contributed by atoms with Crippen LogP contribution < -0.4 is 10.6 Å². The Morgan fingerprint density at radius 2 is 2.17 bits per heavy atom. The van der Waals surface area contributed by atoms with Crippen LogP contribution in [0.4, 0.5) is 0 Å². The van der Waals surface area contributed by atoms with Gasteiger partial charge in [-0.05, 0) is 32.9 Å². The molecule has 136 valence electrons. The van der Waals surface area contributed by atoms with Gasteiger partial charge in [0.05, 0.1) is 12.8 Å². The summed E-state index contributed by atoms with van der Waals surface area (Å²) in [4.78, 5) is 18.4. The Kier molecular flexibility index (Phi) is 10.4. The number of hydrogen-bond acceptors (Lipinski definition) is 3. The third-order valence-corrected chi connectivity index (χ3v) is 2.86. The van der Waals surface area contributed by atoms with Crippen LogP contribution in [0.2, 0.25) is 0 Å². The lowest BCUT2D eigenvalue weighted by molar-refractivity contribution is -0.122. The quantitative estimate of drug-likeness (QED) is 0.291. The van der Waals surface area contributed by atoms with E-state index in [2.05, 4.69) is 22.2 Å². The Morgan fingerprint density at radius 3 is 2.71 bits per heavy atom. The van der Waals surface area contributed by atoms with Crippen molar-refractivity contribution in [2.24, 2.45) is 4.99 Å². The summed E-state index contributed by atoms with van der Waals surface area (Å²) in [6.07, 6.45) is 4.12. The molecule has 0 saturated heterocycles. The molecule has 1 heterocycles. The van der Waals surface area contributed by atoms with Crippen LogP contribution in [-0.2, 0) is 11.2 Å². The molecule has 1 aromatic heterocycles. The zero-order valence-corrected chi connectivity index (χ0v) is 17.3. The van der Waals surface area contributed by atoms with Crippen LogP contribution in [0.1, 0.15) is 26.5 Å². The third kappa shape index (κ3) is 9.59. The summed E-state index contributed by atoms with van der Waals surface area (Å²) in [6.45, 7) is 11.0. The number of carbonyl (C=O) groups excluding carboxylic acids is 1. The molecule has 2 N–H and O–H groups in total. The minimum atomic E-state index is -0.247. The van der Waals surface area contributed by atoms with E-state index in [1.807, 2.05) is 40.0 Å². The number of halogens is 1. The molecule has 0 aliphatic carbocycles. The predicted octanol–water partition coefficient (Wildman–Crippen LogP) is 2.42. The van der Waals surface area contributed by atoms with Crippen molar-refractivity contribution in [3.63, 3.8) is 0 Å². The molecule has 0 saturated carbocycles. The highest BCUT2D eigenvalue weighted by molar-refractivity contribution is 14.0. The van der Waals surface area contributed by atoms with E-state index in [1.165, 1.54) is 0 Å². The van der Waals surface area contributed by atoms with Gasteiger partial charge >= 0.3 is 0 Å². The van der Waals surface area contributed by atoms with Gasteiger partial charge < -0.3 is 20.0 Å². The van der Waals surface area contributed by atoms with Crippen molar-refractivity contribution in [2.45, 2.75) is 32.7 Å². The highest BCUT2D eigenvalue weighted by Gasteiger charge is 2.16. The van der Waals surface area contributed by atoms with Crippen molar-refractivity contribution in [1.29, 1.82) is 0 Å². The molecule has 0 aromatic carbocycles. The van der Waals surface area contributed by atoms with E-state index in [1.54, 1.807) is 17.2 Å². The average molecular weight is 448 g/mol. The molecule has 24 heavy (non-hydrogen) atoms. The van der Waals surface area contributed by atoms with Crippen LogP contribution in [0.15, 0.2) is 40.5 Å². The van der Waals surface area contributed by atoms with E-state index < -0.39 is 0 Å². The van der Waals surface area contributed by atoms with Crippen LogP contribution in [-0.4, -0.2) is 49.0 Å². The van der Waals surface area contributed by atoms with Crippen LogP contribution in [0.25, 0.3) is 0 Å². The first-order valence-corrected chi connectivity index (χ1v) is 7.75. The van der Waals surface area contributed by atoms with Gasteiger partial charge in [-0.15, -0.1) is 30.6 Å². The second-order valence-corrected chi connectivity index (χ2v) is 6.36. The average Bonchev–Trinajstić information content (AvgIpc) is 2.93. The molecule has 0 aliphatic heterocycles. The second-order valence-electron chi connectivity index (χ2n) is 6.36. The minimum Gasteiger partial charge on any atom is -0.469 e. The van der Waals surface area contributed by atoms with Crippen LogP contribution >= 0.6 is 24.0 Å². The van der Waals surface area contributed by atoms with Crippen LogP contribution in [0, 0.1) is 0 Å². The number of nitrogens with zero attached hydrogens (tertiary/aromatic N) is 2. The molecule has 1 amide bonds. The summed E-state index contributed by atoms with van der Waals surface area (Å²) in [6, 6.07) is 3.78. The Hall–Kier alpha value is -1.51. The Labute approximate surface area is 161 Å². The first kappa shape index (κ1) is 22.5. The number of likely N-dealkylation sites (N-methyl/N-ethyl adjacent to an activating group) is 1. The fraction of sp³-hybridized carbons (Fsp3) is 0.529. The van der Waals surface area contributed by atoms with E-state index in [-0.39, 0.29) is 42.0 Å².